The van der Waals surface area contributed by atoms with E-state index in [1.165, 1.54) is 11.3 Å². The fourth-order valence-electron chi connectivity index (χ4n) is 0.812. The summed E-state index contributed by atoms with van der Waals surface area (Å²) in [6, 6.07) is 0.408. The van der Waals surface area contributed by atoms with E-state index in [0.29, 0.717) is 6.04 Å². The van der Waals surface area contributed by atoms with E-state index >= 15 is 0 Å². The molecule has 0 aliphatic carbocycles. The second-order valence-electron chi connectivity index (χ2n) is 3.27. The van der Waals surface area contributed by atoms with Gasteiger partial charge in [-0.15, -0.1) is 0 Å². The molecule has 0 fully saturated rings. The van der Waals surface area contributed by atoms with Crippen LogP contribution in [-0.4, -0.2) is 23.9 Å². The van der Waals surface area contributed by atoms with E-state index in [1.54, 1.807) is 13.1 Å². The Kier molecular flexibility index (Phi) is 3.03. The topological polar surface area (TPSA) is 33.2 Å². The zero-order valence-corrected chi connectivity index (χ0v) is 9.18. The highest BCUT2D eigenvalue weighted by atomic mass is 32.1. The van der Waals surface area contributed by atoms with Crippen LogP contribution in [0, 0.1) is 0 Å². The van der Waals surface area contributed by atoms with Crippen LogP contribution in [-0.2, 0) is 0 Å². The van der Waals surface area contributed by atoms with E-state index in [0.717, 1.165) is 10.0 Å². The fraction of sp³-hybridized carbons (Fsp3) is 0.556. The zero-order valence-electron chi connectivity index (χ0n) is 8.37. The minimum absolute atomic E-state index is 0.0842. The van der Waals surface area contributed by atoms with E-state index in [4.69, 9.17) is 0 Å². The molecule has 0 aromatic carbocycles. The SMILES string of the molecule is CC(=O)c1cnc(N(C)C(C)C)s1. The second-order valence-corrected chi connectivity index (χ2v) is 4.28. The largest absolute Gasteiger partial charge is 0.349 e. The molecule has 4 heteroatoms. The van der Waals surface area contributed by atoms with Gasteiger partial charge in [0.15, 0.2) is 10.9 Å². The van der Waals surface area contributed by atoms with Gasteiger partial charge in [-0.2, -0.15) is 0 Å². The van der Waals surface area contributed by atoms with Crippen molar-refractivity contribution < 1.29 is 4.79 Å². The van der Waals surface area contributed by atoms with Crippen LogP contribution in [0.5, 0.6) is 0 Å². The van der Waals surface area contributed by atoms with Gasteiger partial charge < -0.3 is 4.90 Å². The minimum atomic E-state index is 0.0842. The number of thiazole rings is 1. The Bertz CT molecular complexity index is 306. The maximum atomic E-state index is 11.0. The van der Waals surface area contributed by atoms with Crippen molar-refractivity contribution in [3.63, 3.8) is 0 Å². The number of ketones is 1. The zero-order chi connectivity index (χ0) is 10.0. The van der Waals surface area contributed by atoms with E-state index < -0.39 is 0 Å². The van der Waals surface area contributed by atoms with Gasteiger partial charge in [-0.3, -0.25) is 4.79 Å². The second kappa shape index (κ2) is 3.87. The molecule has 3 nitrogen and oxygen atoms in total. The number of anilines is 1. The van der Waals surface area contributed by atoms with Gasteiger partial charge in [0.25, 0.3) is 0 Å². The first kappa shape index (κ1) is 10.2. The quantitative estimate of drug-likeness (QED) is 0.698. The molecule has 13 heavy (non-hydrogen) atoms. The van der Waals surface area contributed by atoms with Crippen molar-refractivity contribution in [2.45, 2.75) is 26.8 Å². The van der Waals surface area contributed by atoms with Crippen LogP contribution in [0.1, 0.15) is 30.4 Å². The Balaban J connectivity index is 2.85. The van der Waals surface area contributed by atoms with Gasteiger partial charge >= 0.3 is 0 Å². The molecule has 0 unspecified atom stereocenters. The monoisotopic (exact) mass is 198 g/mol. The smallest absolute Gasteiger partial charge is 0.185 e. The number of rotatable bonds is 3. The Hall–Kier alpha value is -0.900. The number of carbonyl (C=O) groups excluding carboxylic acids is 1. The first-order valence-electron chi connectivity index (χ1n) is 4.22. The number of carbonyl (C=O) groups is 1. The molecule has 1 aromatic heterocycles. The standard InChI is InChI=1S/C9H14N2OS/c1-6(2)11(4)9-10-5-8(13-9)7(3)12/h5-6H,1-4H3. The van der Waals surface area contributed by atoms with Crippen LogP contribution >= 0.6 is 11.3 Å². The molecule has 0 spiro atoms. The molecule has 0 aliphatic heterocycles. The number of hydrogen-bond acceptors (Lipinski definition) is 4. The molecule has 0 saturated heterocycles. The summed E-state index contributed by atoms with van der Waals surface area (Å²) in [5, 5.41) is 0.903. The summed E-state index contributed by atoms with van der Waals surface area (Å²) in [4.78, 5) is 18.0. The van der Waals surface area contributed by atoms with Crippen LogP contribution < -0.4 is 4.90 Å². The van der Waals surface area contributed by atoms with E-state index in [-0.39, 0.29) is 5.78 Å². The lowest BCUT2D eigenvalue weighted by Crippen LogP contribution is -2.25. The Morgan fingerprint density at radius 3 is 2.62 bits per heavy atom. The molecule has 0 aliphatic rings. The number of Topliss-reactive ketones (excluding diaryl/α,β-unsaturated/α-hetero) is 1. The molecule has 0 N–H and O–H groups in total. The lowest BCUT2D eigenvalue weighted by Gasteiger charge is -2.19. The third-order valence-electron chi connectivity index (χ3n) is 1.92. The summed E-state index contributed by atoms with van der Waals surface area (Å²) < 4.78 is 0. The molecule has 0 saturated carbocycles. The average Bonchev–Trinajstić information content (AvgIpc) is 2.50. The molecular weight excluding hydrogens is 184 g/mol. The van der Waals surface area contributed by atoms with Crippen molar-refractivity contribution in [1.29, 1.82) is 0 Å². The fourth-order valence-corrected chi connectivity index (χ4v) is 1.72. The van der Waals surface area contributed by atoms with Crippen molar-refractivity contribution in [1.82, 2.24) is 4.98 Å². The van der Waals surface area contributed by atoms with Crippen LogP contribution in [0.4, 0.5) is 5.13 Å². The molecule has 1 rings (SSSR count). The summed E-state index contributed by atoms with van der Waals surface area (Å²) in [5.74, 6) is 0.0842. The molecular formula is C9H14N2OS. The third-order valence-corrected chi connectivity index (χ3v) is 3.11. The van der Waals surface area contributed by atoms with Gasteiger partial charge in [-0.1, -0.05) is 11.3 Å². The normalized spacial score (nSPS) is 10.5. The maximum absolute atomic E-state index is 11.0. The molecule has 1 aromatic rings. The van der Waals surface area contributed by atoms with Crippen LogP contribution in [0.2, 0.25) is 0 Å². The average molecular weight is 198 g/mol. The van der Waals surface area contributed by atoms with Gasteiger partial charge in [0, 0.05) is 20.0 Å². The van der Waals surface area contributed by atoms with E-state index in [2.05, 4.69) is 23.7 Å². The van der Waals surface area contributed by atoms with Crippen molar-refractivity contribution in [3.05, 3.63) is 11.1 Å². The van der Waals surface area contributed by atoms with E-state index in [1.807, 2.05) is 7.05 Å². The summed E-state index contributed by atoms with van der Waals surface area (Å²) >= 11 is 1.44. The molecule has 1 heterocycles. The Morgan fingerprint density at radius 1 is 1.62 bits per heavy atom. The Labute approximate surface area is 82.4 Å². The molecule has 0 amide bonds. The summed E-state index contributed by atoms with van der Waals surface area (Å²) in [6.07, 6.45) is 1.64. The van der Waals surface area contributed by atoms with Gasteiger partial charge in [0.05, 0.1) is 11.1 Å². The summed E-state index contributed by atoms with van der Waals surface area (Å²) in [7, 11) is 1.98. The van der Waals surface area contributed by atoms with Gasteiger partial charge in [-0.05, 0) is 13.8 Å². The van der Waals surface area contributed by atoms with Crippen LogP contribution in [0.15, 0.2) is 6.20 Å². The predicted molar refractivity (Wildman–Crippen MR) is 55.7 cm³/mol. The molecule has 72 valence electrons. The van der Waals surface area contributed by atoms with Crippen molar-refractivity contribution in [2.24, 2.45) is 0 Å². The van der Waals surface area contributed by atoms with Crippen molar-refractivity contribution >= 4 is 22.3 Å². The minimum Gasteiger partial charge on any atom is -0.349 e. The summed E-state index contributed by atoms with van der Waals surface area (Å²) in [5.41, 5.74) is 0. The number of nitrogens with zero attached hydrogens (tertiary/aromatic N) is 2. The Morgan fingerprint density at radius 2 is 2.23 bits per heavy atom. The molecule has 0 radical (unpaired) electrons. The van der Waals surface area contributed by atoms with Gasteiger partial charge in [0.1, 0.15) is 0 Å². The third kappa shape index (κ3) is 2.28. The highest BCUT2D eigenvalue weighted by Crippen LogP contribution is 2.22. The van der Waals surface area contributed by atoms with Crippen molar-refractivity contribution in [3.8, 4) is 0 Å². The van der Waals surface area contributed by atoms with Gasteiger partial charge in [-0.25, -0.2) is 4.98 Å². The lowest BCUT2D eigenvalue weighted by molar-refractivity contribution is 0.102. The highest BCUT2D eigenvalue weighted by Gasteiger charge is 2.11. The van der Waals surface area contributed by atoms with Crippen LogP contribution in [0.25, 0.3) is 0 Å². The predicted octanol–water partition coefficient (Wildman–Crippen LogP) is 2.19. The first-order chi connectivity index (χ1) is 6.02. The molecule has 0 bridgehead atoms. The van der Waals surface area contributed by atoms with Crippen LogP contribution in [0.3, 0.4) is 0 Å². The van der Waals surface area contributed by atoms with Gasteiger partial charge in [0.2, 0.25) is 0 Å². The summed E-state index contributed by atoms with van der Waals surface area (Å²) in [6.45, 7) is 5.75. The van der Waals surface area contributed by atoms with Crippen molar-refractivity contribution in [2.75, 3.05) is 11.9 Å². The number of hydrogen-bond donors (Lipinski definition) is 0. The van der Waals surface area contributed by atoms with E-state index in [9.17, 15) is 4.79 Å². The lowest BCUT2D eigenvalue weighted by atomic mass is 10.4. The molecule has 0 atom stereocenters. The maximum Gasteiger partial charge on any atom is 0.185 e. The number of aromatic nitrogens is 1. The first-order valence-corrected chi connectivity index (χ1v) is 5.03. The highest BCUT2D eigenvalue weighted by molar-refractivity contribution is 7.17.